The summed E-state index contributed by atoms with van der Waals surface area (Å²) in [7, 11) is 0. The largest absolute Gasteiger partial charge is 0.289 e. The zero-order valence-corrected chi connectivity index (χ0v) is 9.52. The van der Waals surface area contributed by atoms with Crippen molar-refractivity contribution in [1.29, 1.82) is 5.26 Å². The maximum absolute atomic E-state index is 11.7. The molecule has 0 spiro atoms. The van der Waals surface area contributed by atoms with Gasteiger partial charge < -0.3 is 0 Å². The highest BCUT2D eigenvalue weighted by atomic mass is 32.1. The molecule has 0 unspecified atom stereocenters. The van der Waals surface area contributed by atoms with E-state index in [0.717, 1.165) is 0 Å². The van der Waals surface area contributed by atoms with Crippen LogP contribution >= 0.6 is 11.5 Å². The number of hydrogen-bond acceptors (Lipinski definition) is 5. The van der Waals surface area contributed by atoms with Crippen LogP contribution in [-0.4, -0.2) is 15.4 Å². The molecule has 0 aliphatic carbocycles. The molecule has 0 atom stereocenters. The van der Waals surface area contributed by atoms with E-state index in [1.54, 1.807) is 35.7 Å². The summed E-state index contributed by atoms with van der Waals surface area (Å²) >= 11 is 1.23. The lowest BCUT2D eigenvalue weighted by molar-refractivity contribution is 0.104. The van der Waals surface area contributed by atoms with Crippen molar-refractivity contribution in [3.8, 4) is 6.07 Å². The van der Waals surface area contributed by atoms with Gasteiger partial charge in [0, 0.05) is 10.9 Å². The summed E-state index contributed by atoms with van der Waals surface area (Å²) in [5.41, 5.74) is 1.75. The number of nitriles is 1. The predicted molar refractivity (Wildman–Crippen MR) is 64.4 cm³/mol. The monoisotopic (exact) mass is 241 g/mol. The molecule has 82 valence electrons. The molecule has 0 amide bonds. The van der Waals surface area contributed by atoms with Gasteiger partial charge >= 0.3 is 0 Å². The second kappa shape index (κ2) is 5.14. The number of carbonyl (C=O) groups excluding carboxylic acids is 1. The summed E-state index contributed by atoms with van der Waals surface area (Å²) < 4.78 is 3.69. The molecule has 2 aromatic rings. The number of nitrogens with zero attached hydrogens (tertiary/aromatic N) is 3. The number of rotatable bonds is 3. The zero-order chi connectivity index (χ0) is 12.1. The minimum atomic E-state index is -0.123. The van der Waals surface area contributed by atoms with Gasteiger partial charge in [-0.1, -0.05) is 4.49 Å². The Morgan fingerprint density at radius 2 is 2.12 bits per heavy atom. The molecular formula is C12H7N3OS. The van der Waals surface area contributed by atoms with E-state index in [4.69, 9.17) is 5.26 Å². The minimum Gasteiger partial charge on any atom is -0.289 e. The molecule has 0 N–H and O–H groups in total. The summed E-state index contributed by atoms with van der Waals surface area (Å²) in [6.07, 6.45) is 3.06. The number of carbonyl (C=O) groups is 1. The van der Waals surface area contributed by atoms with Crippen LogP contribution in [0, 0.1) is 11.3 Å². The van der Waals surface area contributed by atoms with Crippen molar-refractivity contribution in [3.05, 3.63) is 52.5 Å². The van der Waals surface area contributed by atoms with Crippen molar-refractivity contribution in [3.63, 3.8) is 0 Å². The molecule has 0 radical (unpaired) electrons. The van der Waals surface area contributed by atoms with E-state index in [1.165, 1.54) is 17.6 Å². The maximum Gasteiger partial charge on any atom is 0.185 e. The molecular weight excluding hydrogens is 234 g/mol. The lowest BCUT2D eigenvalue weighted by atomic mass is 10.1. The fraction of sp³-hybridized carbons (Fsp3) is 0. The Morgan fingerprint density at radius 1 is 1.35 bits per heavy atom. The molecule has 0 bridgehead atoms. The molecule has 17 heavy (non-hydrogen) atoms. The van der Waals surface area contributed by atoms with Crippen LogP contribution in [0.1, 0.15) is 21.6 Å². The van der Waals surface area contributed by atoms with Gasteiger partial charge in [0.2, 0.25) is 0 Å². The average Bonchev–Trinajstić information content (AvgIpc) is 2.89. The van der Waals surface area contributed by atoms with Crippen LogP contribution in [0.2, 0.25) is 0 Å². The van der Waals surface area contributed by atoms with Gasteiger partial charge in [-0.15, -0.1) is 5.10 Å². The van der Waals surface area contributed by atoms with Gasteiger partial charge in [0.05, 0.1) is 17.3 Å². The number of ketones is 1. The highest BCUT2D eigenvalue weighted by Gasteiger charge is 2.01. The smallest absolute Gasteiger partial charge is 0.185 e. The van der Waals surface area contributed by atoms with E-state index in [0.29, 0.717) is 16.8 Å². The van der Waals surface area contributed by atoms with Gasteiger partial charge in [0.25, 0.3) is 0 Å². The number of aromatic nitrogens is 2. The molecule has 0 aliphatic rings. The minimum absolute atomic E-state index is 0.123. The molecule has 1 aromatic heterocycles. The van der Waals surface area contributed by atoms with Gasteiger partial charge in [-0.05, 0) is 47.9 Å². The van der Waals surface area contributed by atoms with Crippen molar-refractivity contribution >= 4 is 23.4 Å². The van der Waals surface area contributed by atoms with E-state index >= 15 is 0 Å². The van der Waals surface area contributed by atoms with Crippen LogP contribution in [0.25, 0.3) is 6.08 Å². The summed E-state index contributed by atoms with van der Waals surface area (Å²) in [6, 6.07) is 8.49. The van der Waals surface area contributed by atoms with E-state index in [9.17, 15) is 4.79 Å². The number of allylic oxidation sites excluding steroid dienone is 1. The molecule has 0 saturated carbocycles. The van der Waals surface area contributed by atoms with Crippen LogP contribution < -0.4 is 0 Å². The number of benzene rings is 1. The fourth-order valence-corrected chi connectivity index (χ4v) is 1.63. The molecule has 1 aromatic carbocycles. The Morgan fingerprint density at radius 3 is 2.71 bits per heavy atom. The highest BCUT2D eigenvalue weighted by molar-refractivity contribution is 7.03. The van der Waals surface area contributed by atoms with E-state index in [-0.39, 0.29) is 5.78 Å². The summed E-state index contributed by atoms with van der Waals surface area (Å²) in [6.45, 7) is 0. The van der Waals surface area contributed by atoms with Crippen molar-refractivity contribution in [2.75, 3.05) is 0 Å². The average molecular weight is 241 g/mol. The molecule has 2 rings (SSSR count). The SMILES string of the molecule is N#Cc1ccc(C(=O)/C=C/c2csnn2)cc1. The normalized spacial score (nSPS) is 10.3. The van der Waals surface area contributed by atoms with Crippen molar-refractivity contribution in [1.82, 2.24) is 9.59 Å². The zero-order valence-electron chi connectivity index (χ0n) is 8.70. The first-order chi connectivity index (χ1) is 8.29. The molecule has 0 aliphatic heterocycles. The van der Waals surface area contributed by atoms with E-state index < -0.39 is 0 Å². The first kappa shape index (κ1) is 11.2. The predicted octanol–water partition coefficient (Wildman–Crippen LogP) is 2.31. The van der Waals surface area contributed by atoms with E-state index in [1.807, 2.05) is 6.07 Å². The van der Waals surface area contributed by atoms with Crippen LogP contribution in [-0.2, 0) is 0 Å². The van der Waals surface area contributed by atoms with Crippen molar-refractivity contribution < 1.29 is 4.79 Å². The Balaban J connectivity index is 2.12. The Hall–Kier alpha value is -2.32. The third-order valence-corrected chi connectivity index (χ3v) is 2.60. The Labute approximate surface area is 102 Å². The second-order valence-corrected chi connectivity index (χ2v) is 3.83. The van der Waals surface area contributed by atoms with Gasteiger partial charge in [0.15, 0.2) is 5.78 Å². The quantitative estimate of drug-likeness (QED) is 0.611. The van der Waals surface area contributed by atoms with Crippen LogP contribution in [0.5, 0.6) is 0 Å². The first-order valence-corrected chi connectivity index (χ1v) is 5.63. The third kappa shape index (κ3) is 2.83. The molecule has 1 heterocycles. The van der Waals surface area contributed by atoms with Gasteiger partial charge in [0.1, 0.15) is 0 Å². The van der Waals surface area contributed by atoms with Crippen molar-refractivity contribution in [2.24, 2.45) is 0 Å². The first-order valence-electron chi connectivity index (χ1n) is 4.79. The lowest BCUT2D eigenvalue weighted by Crippen LogP contribution is -1.93. The summed E-state index contributed by atoms with van der Waals surface area (Å²) in [5.74, 6) is -0.123. The maximum atomic E-state index is 11.7. The van der Waals surface area contributed by atoms with Crippen molar-refractivity contribution in [2.45, 2.75) is 0 Å². The number of hydrogen-bond donors (Lipinski definition) is 0. The van der Waals surface area contributed by atoms with Crippen LogP contribution in [0.4, 0.5) is 0 Å². The molecule has 0 fully saturated rings. The molecule has 0 saturated heterocycles. The second-order valence-electron chi connectivity index (χ2n) is 3.22. The Bertz CT molecular complexity index is 579. The van der Waals surface area contributed by atoms with Crippen LogP contribution in [0.3, 0.4) is 0 Å². The van der Waals surface area contributed by atoms with Crippen LogP contribution in [0.15, 0.2) is 35.7 Å². The fourth-order valence-electron chi connectivity index (χ4n) is 1.21. The van der Waals surface area contributed by atoms with Gasteiger partial charge in [-0.3, -0.25) is 4.79 Å². The van der Waals surface area contributed by atoms with Gasteiger partial charge in [-0.2, -0.15) is 5.26 Å². The lowest BCUT2D eigenvalue weighted by Gasteiger charge is -1.94. The molecule has 4 nitrogen and oxygen atoms in total. The molecule has 5 heteroatoms. The standard InChI is InChI=1S/C12H7N3OS/c13-7-9-1-3-10(4-2-9)12(16)6-5-11-8-17-15-14-11/h1-6,8H/b6-5+. The Kier molecular flexibility index (Phi) is 3.38. The summed E-state index contributed by atoms with van der Waals surface area (Å²) in [5, 5.41) is 14.2. The highest BCUT2D eigenvalue weighted by Crippen LogP contribution is 2.06. The van der Waals surface area contributed by atoms with E-state index in [2.05, 4.69) is 9.59 Å². The summed E-state index contributed by atoms with van der Waals surface area (Å²) in [4.78, 5) is 11.7. The van der Waals surface area contributed by atoms with Gasteiger partial charge in [-0.25, -0.2) is 0 Å². The topological polar surface area (TPSA) is 66.6 Å². The third-order valence-electron chi connectivity index (χ3n) is 2.08.